The summed E-state index contributed by atoms with van der Waals surface area (Å²) in [5.41, 5.74) is -0.420. The summed E-state index contributed by atoms with van der Waals surface area (Å²) in [5, 5.41) is 12.3. The zero-order chi connectivity index (χ0) is 13.0. The summed E-state index contributed by atoms with van der Waals surface area (Å²) in [6.45, 7) is 0.158. The number of benzene rings is 1. The fourth-order valence-electron chi connectivity index (χ4n) is 1.37. The van der Waals surface area contributed by atoms with Gasteiger partial charge in [0.1, 0.15) is 0 Å². The van der Waals surface area contributed by atoms with Gasteiger partial charge in [-0.15, -0.1) is 0 Å². The van der Waals surface area contributed by atoms with Gasteiger partial charge < -0.3 is 15.2 Å². The molecule has 0 spiro atoms. The van der Waals surface area contributed by atoms with Crippen LogP contribution in [0.3, 0.4) is 0 Å². The van der Waals surface area contributed by atoms with Crippen molar-refractivity contribution in [3.8, 4) is 0 Å². The minimum Gasteiger partial charge on any atom is -0.465 e. The molecule has 4 nitrogen and oxygen atoms in total. The van der Waals surface area contributed by atoms with Crippen molar-refractivity contribution in [1.82, 2.24) is 5.32 Å². The third kappa shape index (κ3) is 2.98. The van der Waals surface area contributed by atoms with Crippen molar-refractivity contribution in [2.45, 2.75) is 6.10 Å². The van der Waals surface area contributed by atoms with Gasteiger partial charge in [-0.3, -0.25) is 0 Å². The highest BCUT2D eigenvalue weighted by atomic mass is 19.2. The Morgan fingerprint density at radius 2 is 2.18 bits per heavy atom. The van der Waals surface area contributed by atoms with E-state index in [1.54, 1.807) is 7.05 Å². The molecule has 0 aromatic heterocycles. The maximum absolute atomic E-state index is 13.3. The van der Waals surface area contributed by atoms with Crippen LogP contribution in [-0.2, 0) is 4.74 Å². The van der Waals surface area contributed by atoms with Crippen LogP contribution in [0.15, 0.2) is 12.1 Å². The summed E-state index contributed by atoms with van der Waals surface area (Å²) in [6, 6.07) is 1.93. The highest BCUT2D eigenvalue weighted by molar-refractivity contribution is 5.89. The van der Waals surface area contributed by atoms with Gasteiger partial charge in [0.2, 0.25) is 0 Å². The van der Waals surface area contributed by atoms with Crippen LogP contribution < -0.4 is 5.32 Å². The first-order valence-electron chi connectivity index (χ1n) is 4.91. The maximum atomic E-state index is 13.3. The first-order chi connectivity index (χ1) is 8.01. The van der Waals surface area contributed by atoms with Gasteiger partial charge in [0.05, 0.1) is 18.8 Å². The number of ether oxygens (including phenoxy) is 1. The van der Waals surface area contributed by atoms with Crippen molar-refractivity contribution < 1.29 is 23.4 Å². The van der Waals surface area contributed by atoms with Crippen LogP contribution in [0.25, 0.3) is 0 Å². The molecule has 0 aliphatic heterocycles. The molecule has 0 aliphatic rings. The Morgan fingerprint density at radius 3 is 2.71 bits per heavy atom. The lowest BCUT2D eigenvalue weighted by Crippen LogP contribution is -2.18. The molecule has 94 valence electrons. The average molecular weight is 245 g/mol. The minimum absolute atomic E-state index is 0.110. The SMILES string of the molecule is CNCC(O)c1cc(F)c(F)c(C(=O)OC)c1. The first-order valence-corrected chi connectivity index (χ1v) is 4.91. The molecular weight excluding hydrogens is 232 g/mol. The third-order valence-electron chi connectivity index (χ3n) is 2.24. The predicted molar refractivity (Wildman–Crippen MR) is 56.6 cm³/mol. The molecule has 0 saturated carbocycles. The highest BCUT2D eigenvalue weighted by Gasteiger charge is 2.20. The lowest BCUT2D eigenvalue weighted by atomic mass is 10.0. The third-order valence-corrected chi connectivity index (χ3v) is 2.24. The Bertz CT molecular complexity index is 423. The van der Waals surface area contributed by atoms with E-state index in [2.05, 4.69) is 10.1 Å². The van der Waals surface area contributed by atoms with E-state index in [0.717, 1.165) is 19.2 Å². The van der Waals surface area contributed by atoms with E-state index in [-0.39, 0.29) is 12.1 Å². The van der Waals surface area contributed by atoms with Crippen LogP contribution in [0.5, 0.6) is 0 Å². The van der Waals surface area contributed by atoms with Crippen LogP contribution in [0, 0.1) is 11.6 Å². The lowest BCUT2D eigenvalue weighted by molar-refractivity contribution is 0.0593. The fourth-order valence-corrected chi connectivity index (χ4v) is 1.37. The fraction of sp³-hybridized carbons (Fsp3) is 0.364. The number of hydrogen-bond acceptors (Lipinski definition) is 4. The molecule has 17 heavy (non-hydrogen) atoms. The number of methoxy groups -OCH3 is 1. The van der Waals surface area contributed by atoms with Crippen LogP contribution in [0.2, 0.25) is 0 Å². The summed E-state index contributed by atoms with van der Waals surface area (Å²) >= 11 is 0. The van der Waals surface area contributed by atoms with Gasteiger partial charge in [0, 0.05) is 6.54 Å². The number of carbonyl (C=O) groups excluding carboxylic acids is 1. The smallest absolute Gasteiger partial charge is 0.340 e. The van der Waals surface area contributed by atoms with E-state index in [9.17, 15) is 18.7 Å². The molecule has 6 heteroatoms. The van der Waals surface area contributed by atoms with Gasteiger partial charge >= 0.3 is 5.97 Å². The number of aliphatic hydroxyl groups is 1. The van der Waals surface area contributed by atoms with E-state index >= 15 is 0 Å². The van der Waals surface area contributed by atoms with Crippen LogP contribution >= 0.6 is 0 Å². The normalized spacial score (nSPS) is 12.3. The molecule has 0 bridgehead atoms. The number of halogens is 2. The molecule has 1 atom stereocenters. The summed E-state index contributed by atoms with van der Waals surface area (Å²) in [6.07, 6.45) is -1.03. The van der Waals surface area contributed by atoms with Crippen molar-refractivity contribution in [3.63, 3.8) is 0 Å². The van der Waals surface area contributed by atoms with Crippen molar-refractivity contribution in [1.29, 1.82) is 0 Å². The zero-order valence-corrected chi connectivity index (χ0v) is 9.46. The molecular formula is C11H13F2NO3. The van der Waals surface area contributed by atoms with Gasteiger partial charge in [-0.2, -0.15) is 0 Å². The van der Waals surface area contributed by atoms with Gasteiger partial charge in [0.25, 0.3) is 0 Å². The van der Waals surface area contributed by atoms with Gasteiger partial charge in [-0.05, 0) is 24.7 Å². The second-order valence-corrected chi connectivity index (χ2v) is 3.43. The molecule has 0 aliphatic carbocycles. The Balaban J connectivity index is 3.18. The molecule has 0 amide bonds. The Labute approximate surface area is 97.2 Å². The van der Waals surface area contributed by atoms with E-state index in [1.807, 2.05) is 0 Å². The minimum atomic E-state index is -1.28. The molecule has 0 radical (unpaired) electrons. The largest absolute Gasteiger partial charge is 0.465 e. The molecule has 1 rings (SSSR count). The Kier molecular flexibility index (Phi) is 4.53. The predicted octanol–water partition coefficient (Wildman–Crippen LogP) is 1.00. The summed E-state index contributed by atoms with van der Waals surface area (Å²) in [5.74, 6) is -3.46. The number of carbonyl (C=O) groups is 1. The second kappa shape index (κ2) is 5.70. The van der Waals surface area contributed by atoms with E-state index in [4.69, 9.17) is 0 Å². The maximum Gasteiger partial charge on any atom is 0.340 e. The van der Waals surface area contributed by atoms with Crippen molar-refractivity contribution >= 4 is 5.97 Å². The zero-order valence-electron chi connectivity index (χ0n) is 9.46. The number of nitrogens with one attached hydrogen (secondary N) is 1. The molecule has 1 aromatic carbocycles. The Morgan fingerprint density at radius 1 is 1.53 bits per heavy atom. The molecule has 1 aromatic rings. The van der Waals surface area contributed by atoms with Crippen LogP contribution in [-0.4, -0.2) is 31.8 Å². The van der Waals surface area contributed by atoms with E-state index < -0.39 is 29.3 Å². The lowest BCUT2D eigenvalue weighted by Gasteiger charge is -2.12. The summed E-state index contributed by atoms with van der Waals surface area (Å²) < 4.78 is 30.8. The van der Waals surface area contributed by atoms with Crippen molar-refractivity contribution in [2.24, 2.45) is 0 Å². The number of esters is 1. The molecule has 0 heterocycles. The number of aliphatic hydroxyl groups excluding tert-OH is 1. The quantitative estimate of drug-likeness (QED) is 0.777. The average Bonchev–Trinajstić information content (AvgIpc) is 2.31. The van der Waals surface area contributed by atoms with Gasteiger partial charge in [-0.1, -0.05) is 0 Å². The van der Waals surface area contributed by atoms with Crippen LogP contribution in [0.4, 0.5) is 8.78 Å². The highest BCUT2D eigenvalue weighted by Crippen LogP contribution is 2.20. The summed E-state index contributed by atoms with van der Waals surface area (Å²) in [7, 11) is 2.67. The number of hydrogen-bond donors (Lipinski definition) is 2. The van der Waals surface area contributed by atoms with Crippen LogP contribution in [0.1, 0.15) is 22.0 Å². The van der Waals surface area contributed by atoms with Crippen molar-refractivity contribution in [3.05, 3.63) is 34.9 Å². The van der Waals surface area contributed by atoms with Crippen molar-refractivity contribution in [2.75, 3.05) is 20.7 Å². The first kappa shape index (κ1) is 13.5. The van der Waals surface area contributed by atoms with E-state index in [0.29, 0.717) is 0 Å². The van der Waals surface area contributed by atoms with E-state index in [1.165, 1.54) is 0 Å². The molecule has 1 unspecified atom stereocenters. The summed E-state index contributed by atoms with van der Waals surface area (Å²) in [4.78, 5) is 11.2. The molecule has 2 N–H and O–H groups in total. The molecule has 0 saturated heterocycles. The van der Waals surface area contributed by atoms with Gasteiger partial charge in [0.15, 0.2) is 11.6 Å². The number of rotatable bonds is 4. The topological polar surface area (TPSA) is 58.6 Å². The molecule has 0 fully saturated rings. The standard InChI is InChI=1S/C11H13F2NO3/c1-14-5-9(15)6-3-7(11(16)17-2)10(13)8(12)4-6/h3-4,9,14-15H,5H2,1-2H3. The monoisotopic (exact) mass is 245 g/mol. The number of likely N-dealkylation sites (N-methyl/N-ethyl adjacent to an activating group) is 1. The second-order valence-electron chi connectivity index (χ2n) is 3.43. The Hall–Kier alpha value is -1.53. The van der Waals surface area contributed by atoms with Gasteiger partial charge in [-0.25, -0.2) is 13.6 Å².